The van der Waals surface area contributed by atoms with Crippen LogP contribution in [0.4, 0.5) is 0 Å². The lowest BCUT2D eigenvalue weighted by molar-refractivity contribution is -0.161. The molecule has 24 heavy (non-hydrogen) atoms. The van der Waals surface area contributed by atoms with E-state index in [1.54, 1.807) is 6.92 Å². The first-order chi connectivity index (χ1) is 11.3. The zero-order chi connectivity index (χ0) is 17.6. The Morgan fingerprint density at radius 2 is 2.25 bits per heavy atom. The van der Waals surface area contributed by atoms with Crippen molar-refractivity contribution >= 4 is 35.1 Å². The van der Waals surface area contributed by atoms with E-state index in [4.69, 9.17) is 11.1 Å². The SMILES string of the molecule is C[C@@H](O)[C@H]1C(=O)N2C(C(=O)O)=C(S[C@@H]3CN=C(C(=N)CN)C3)C[C@H]12. The molecule has 1 saturated heterocycles. The summed E-state index contributed by atoms with van der Waals surface area (Å²) in [4.78, 5) is 30.0. The fraction of sp³-hybridized carbons (Fsp3) is 0.600. The summed E-state index contributed by atoms with van der Waals surface area (Å²) < 4.78 is 0. The quantitative estimate of drug-likeness (QED) is 0.386. The zero-order valence-corrected chi connectivity index (χ0v) is 14.0. The van der Waals surface area contributed by atoms with Gasteiger partial charge in [-0.2, -0.15) is 0 Å². The Morgan fingerprint density at radius 3 is 2.83 bits per heavy atom. The van der Waals surface area contributed by atoms with Crippen molar-refractivity contribution in [2.24, 2.45) is 16.6 Å². The lowest BCUT2D eigenvalue weighted by atomic mass is 9.83. The Hall–Kier alpha value is -1.71. The summed E-state index contributed by atoms with van der Waals surface area (Å²) in [7, 11) is 0. The average molecular weight is 352 g/mol. The lowest BCUT2D eigenvalue weighted by Gasteiger charge is -2.44. The number of aliphatic hydroxyl groups excluding tert-OH is 1. The Morgan fingerprint density at radius 1 is 1.54 bits per heavy atom. The van der Waals surface area contributed by atoms with Crippen LogP contribution >= 0.6 is 11.8 Å². The van der Waals surface area contributed by atoms with Crippen LogP contribution in [0.3, 0.4) is 0 Å². The third kappa shape index (κ3) is 2.66. The second kappa shape index (κ2) is 6.30. The minimum Gasteiger partial charge on any atom is -0.477 e. The van der Waals surface area contributed by atoms with E-state index in [-0.39, 0.29) is 29.4 Å². The van der Waals surface area contributed by atoms with Gasteiger partial charge < -0.3 is 26.3 Å². The molecular weight excluding hydrogens is 332 g/mol. The van der Waals surface area contributed by atoms with Crippen molar-refractivity contribution in [2.75, 3.05) is 13.1 Å². The van der Waals surface area contributed by atoms with E-state index in [1.807, 2.05) is 0 Å². The summed E-state index contributed by atoms with van der Waals surface area (Å²) in [6, 6.07) is -0.268. The number of hydrogen-bond acceptors (Lipinski definition) is 7. The highest BCUT2D eigenvalue weighted by molar-refractivity contribution is 8.03. The molecule has 3 rings (SSSR count). The molecule has 5 N–H and O–H groups in total. The van der Waals surface area contributed by atoms with Gasteiger partial charge >= 0.3 is 5.97 Å². The van der Waals surface area contributed by atoms with Crippen molar-refractivity contribution in [3.05, 3.63) is 10.6 Å². The maximum absolute atomic E-state index is 12.2. The molecule has 130 valence electrons. The molecular formula is C15H20N4O4S. The van der Waals surface area contributed by atoms with Gasteiger partial charge in [0.25, 0.3) is 0 Å². The molecule has 1 amide bonds. The predicted molar refractivity (Wildman–Crippen MR) is 90.2 cm³/mol. The van der Waals surface area contributed by atoms with Crippen LogP contribution in [0, 0.1) is 11.3 Å². The molecule has 3 aliphatic heterocycles. The van der Waals surface area contributed by atoms with Gasteiger partial charge in [0.15, 0.2) is 0 Å². The fourth-order valence-corrected chi connectivity index (χ4v) is 4.87. The molecule has 0 aromatic heterocycles. The molecule has 0 aromatic rings. The molecule has 0 unspecified atom stereocenters. The average Bonchev–Trinajstić information content (AvgIpc) is 3.09. The first-order valence-electron chi connectivity index (χ1n) is 7.80. The minimum atomic E-state index is -1.12. The molecule has 0 saturated carbocycles. The number of aliphatic carboxylic acids is 1. The summed E-state index contributed by atoms with van der Waals surface area (Å²) in [6.07, 6.45) is 0.244. The second-order valence-corrected chi connectivity index (χ2v) is 7.63. The zero-order valence-electron chi connectivity index (χ0n) is 13.2. The number of aliphatic imine (C=N–C) groups is 1. The number of carbonyl (C=O) groups is 2. The monoisotopic (exact) mass is 352 g/mol. The van der Waals surface area contributed by atoms with E-state index < -0.39 is 18.0 Å². The van der Waals surface area contributed by atoms with Crippen LogP contribution < -0.4 is 5.73 Å². The summed E-state index contributed by atoms with van der Waals surface area (Å²) in [5, 5.41) is 27.0. The van der Waals surface area contributed by atoms with E-state index in [0.29, 0.717) is 35.7 Å². The van der Waals surface area contributed by atoms with Crippen LogP contribution in [0.15, 0.2) is 15.6 Å². The number of fused-ring (bicyclic) bond motifs is 1. The van der Waals surface area contributed by atoms with E-state index in [0.717, 1.165) is 0 Å². The van der Waals surface area contributed by atoms with E-state index >= 15 is 0 Å². The number of carbonyl (C=O) groups excluding carboxylic acids is 1. The van der Waals surface area contributed by atoms with Gasteiger partial charge in [0.2, 0.25) is 5.91 Å². The van der Waals surface area contributed by atoms with Gasteiger partial charge in [0.1, 0.15) is 5.70 Å². The molecule has 0 aromatic carbocycles. The van der Waals surface area contributed by atoms with E-state index in [9.17, 15) is 19.8 Å². The number of aliphatic hydroxyl groups is 1. The van der Waals surface area contributed by atoms with Crippen molar-refractivity contribution in [3.63, 3.8) is 0 Å². The number of rotatable bonds is 6. The molecule has 4 atom stereocenters. The number of β-lactam (4-membered cyclic amide) rings is 1. The van der Waals surface area contributed by atoms with Crippen molar-refractivity contribution in [1.82, 2.24) is 4.90 Å². The Labute approximate surface area is 143 Å². The van der Waals surface area contributed by atoms with Gasteiger partial charge in [-0.3, -0.25) is 9.79 Å². The molecule has 3 aliphatic rings. The Bertz CT molecular complexity index is 672. The smallest absolute Gasteiger partial charge is 0.353 e. The van der Waals surface area contributed by atoms with E-state index in [1.165, 1.54) is 16.7 Å². The van der Waals surface area contributed by atoms with Gasteiger partial charge in [0.05, 0.1) is 36.0 Å². The molecule has 0 aliphatic carbocycles. The van der Waals surface area contributed by atoms with Crippen molar-refractivity contribution in [1.29, 1.82) is 5.41 Å². The maximum Gasteiger partial charge on any atom is 0.353 e. The summed E-state index contributed by atoms with van der Waals surface area (Å²) in [5.74, 6) is -1.97. The highest BCUT2D eigenvalue weighted by atomic mass is 32.2. The minimum absolute atomic E-state index is 0.0363. The molecule has 9 heteroatoms. The highest BCUT2D eigenvalue weighted by Gasteiger charge is 2.57. The molecule has 8 nitrogen and oxygen atoms in total. The van der Waals surface area contributed by atoms with Crippen molar-refractivity contribution in [3.8, 4) is 0 Å². The Kier molecular flexibility index (Phi) is 4.50. The largest absolute Gasteiger partial charge is 0.477 e. The Balaban J connectivity index is 1.73. The predicted octanol–water partition coefficient (Wildman–Crippen LogP) is -0.181. The lowest BCUT2D eigenvalue weighted by Crippen LogP contribution is -2.61. The number of hydrogen-bond donors (Lipinski definition) is 4. The van der Waals surface area contributed by atoms with Crippen LogP contribution in [0.2, 0.25) is 0 Å². The highest BCUT2D eigenvalue weighted by Crippen LogP contribution is 2.48. The third-order valence-electron chi connectivity index (χ3n) is 4.66. The van der Waals surface area contributed by atoms with Gasteiger partial charge in [-0.25, -0.2) is 4.79 Å². The maximum atomic E-state index is 12.2. The van der Waals surface area contributed by atoms with Crippen LogP contribution in [0.25, 0.3) is 0 Å². The summed E-state index contributed by atoms with van der Waals surface area (Å²) in [6.45, 7) is 2.21. The van der Waals surface area contributed by atoms with Crippen LogP contribution in [0.5, 0.6) is 0 Å². The number of carboxylic acids is 1. The molecule has 0 spiro atoms. The second-order valence-electron chi connectivity index (χ2n) is 6.24. The van der Waals surface area contributed by atoms with Gasteiger partial charge in [-0.05, 0) is 6.92 Å². The fourth-order valence-electron chi connectivity index (χ4n) is 3.51. The normalized spacial score (nSPS) is 30.1. The van der Waals surface area contributed by atoms with E-state index in [2.05, 4.69) is 4.99 Å². The van der Waals surface area contributed by atoms with Crippen LogP contribution in [-0.4, -0.2) is 68.9 Å². The van der Waals surface area contributed by atoms with Crippen molar-refractivity contribution < 1.29 is 19.8 Å². The number of nitrogens with two attached hydrogens (primary N) is 1. The first kappa shape index (κ1) is 17.1. The number of carboxylic acid groups (broad SMARTS) is 1. The first-order valence-corrected chi connectivity index (χ1v) is 8.68. The topological polar surface area (TPSA) is 140 Å². The van der Waals surface area contributed by atoms with Crippen molar-refractivity contribution in [2.45, 2.75) is 37.2 Å². The molecule has 1 fully saturated rings. The van der Waals surface area contributed by atoms with Gasteiger partial charge in [-0.15, -0.1) is 11.8 Å². The standard InChI is InChI=1S/C15H20N4O4S/c1-6(20)12-10-3-11(13(15(22)23)19(10)14(12)21)24-7-2-9(18-5-7)8(17)4-16/h6-7,10,12,17,20H,2-5,16H2,1H3,(H,22,23)/t6-,7+,10-,12-/m1/s1. The van der Waals surface area contributed by atoms with Crippen LogP contribution in [0.1, 0.15) is 19.8 Å². The van der Waals surface area contributed by atoms with Gasteiger partial charge in [0, 0.05) is 29.5 Å². The molecule has 0 radical (unpaired) electrons. The third-order valence-corrected chi connectivity index (χ3v) is 5.95. The number of amides is 1. The number of nitrogens with one attached hydrogen (secondary N) is 1. The molecule has 0 bridgehead atoms. The molecule has 3 heterocycles. The van der Waals surface area contributed by atoms with Crippen LogP contribution in [-0.2, 0) is 9.59 Å². The number of thioether (sulfide) groups is 1. The van der Waals surface area contributed by atoms with Gasteiger partial charge in [-0.1, -0.05) is 0 Å². The summed E-state index contributed by atoms with van der Waals surface area (Å²) in [5.41, 5.74) is 6.48. The summed E-state index contributed by atoms with van der Waals surface area (Å²) >= 11 is 1.42. The number of nitrogens with zero attached hydrogens (tertiary/aromatic N) is 2.